The molecule has 0 bridgehead atoms. The molecule has 0 aliphatic heterocycles. The lowest BCUT2D eigenvalue weighted by atomic mass is 10.1. The molecule has 2 rings (SSSR count). The van der Waals surface area contributed by atoms with E-state index in [2.05, 4.69) is 20.7 Å². The summed E-state index contributed by atoms with van der Waals surface area (Å²) >= 11 is 4.52. The van der Waals surface area contributed by atoms with E-state index in [0.29, 0.717) is 8.66 Å². The number of halogens is 1. The third kappa shape index (κ3) is 4.01. The number of nitrogens with one attached hydrogen (secondary N) is 1. The van der Waals surface area contributed by atoms with E-state index in [1.165, 1.54) is 30.2 Å². The molecule has 1 aromatic heterocycles. The molecule has 1 fully saturated rings. The number of rotatable bonds is 4. The smallest absolute Gasteiger partial charge is 0.242 e. The van der Waals surface area contributed by atoms with Crippen LogP contribution in [0.15, 0.2) is 14.7 Å². The van der Waals surface area contributed by atoms with Crippen molar-refractivity contribution in [3.8, 4) is 0 Å². The van der Waals surface area contributed by atoms with Crippen LogP contribution in [0.3, 0.4) is 0 Å². The van der Waals surface area contributed by atoms with Gasteiger partial charge < -0.3 is 5.11 Å². The van der Waals surface area contributed by atoms with Crippen LogP contribution in [0, 0.1) is 0 Å². The van der Waals surface area contributed by atoms with Crippen molar-refractivity contribution in [3.63, 3.8) is 0 Å². The quantitative estimate of drug-likeness (QED) is 0.803. The second-order valence-corrected chi connectivity index (χ2v) is 8.96. The summed E-state index contributed by atoms with van der Waals surface area (Å²) in [6.07, 6.45) is 6.37. The minimum absolute atomic E-state index is 0.0388. The van der Waals surface area contributed by atoms with E-state index < -0.39 is 10.0 Å². The molecule has 0 radical (unpaired) electrons. The van der Waals surface area contributed by atoms with Crippen molar-refractivity contribution in [2.45, 2.75) is 56.1 Å². The van der Waals surface area contributed by atoms with Crippen LogP contribution in [0.4, 0.5) is 0 Å². The molecule has 1 saturated carbocycles. The van der Waals surface area contributed by atoms with E-state index >= 15 is 0 Å². The number of sulfonamides is 1. The summed E-state index contributed by atoms with van der Waals surface area (Å²) in [7, 11) is -3.49. The van der Waals surface area contributed by atoms with Crippen LogP contribution in [-0.4, -0.2) is 19.6 Å². The van der Waals surface area contributed by atoms with Gasteiger partial charge in [0.15, 0.2) is 0 Å². The fourth-order valence-corrected chi connectivity index (χ4v) is 6.19. The molecule has 1 aliphatic rings. The van der Waals surface area contributed by atoms with Crippen molar-refractivity contribution >= 4 is 37.3 Å². The maximum absolute atomic E-state index is 12.3. The Morgan fingerprint density at radius 2 is 1.95 bits per heavy atom. The first-order valence-electron chi connectivity index (χ1n) is 6.44. The lowest BCUT2D eigenvalue weighted by molar-refractivity contribution is 0.285. The Labute approximate surface area is 126 Å². The van der Waals surface area contributed by atoms with E-state index in [0.717, 1.165) is 25.7 Å². The molecule has 0 spiro atoms. The molecule has 108 valence electrons. The van der Waals surface area contributed by atoms with Crippen LogP contribution in [0.2, 0.25) is 0 Å². The van der Waals surface area contributed by atoms with Gasteiger partial charge in [-0.05, 0) is 34.8 Å². The average Bonchev–Trinajstić information content (AvgIpc) is 2.57. The van der Waals surface area contributed by atoms with Crippen molar-refractivity contribution < 1.29 is 13.5 Å². The Balaban J connectivity index is 2.14. The zero-order valence-electron chi connectivity index (χ0n) is 10.6. The number of aliphatic hydroxyl groups is 1. The van der Waals surface area contributed by atoms with Crippen molar-refractivity contribution in [1.29, 1.82) is 0 Å². The van der Waals surface area contributed by atoms with Gasteiger partial charge in [0, 0.05) is 10.9 Å². The molecule has 0 amide bonds. The highest BCUT2D eigenvalue weighted by Gasteiger charge is 2.24. The topological polar surface area (TPSA) is 66.4 Å². The molecule has 7 heteroatoms. The molecule has 1 aliphatic carbocycles. The van der Waals surface area contributed by atoms with Gasteiger partial charge in [-0.1, -0.05) is 25.7 Å². The average molecular weight is 368 g/mol. The number of hydrogen-bond donors (Lipinski definition) is 2. The Hall–Kier alpha value is 0.0500. The Morgan fingerprint density at radius 3 is 2.47 bits per heavy atom. The van der Waals surface area contributed by atoms with E-state index in [9.17, 15) is 8.42 Å². The van der Waals surface area contributed by atoms with Crippen molar-refractivity contribution in [3.05, 3.63) is 14.7 Å². The first-order valence-corrected chi connectivity index (χ1v) is 9.53. The molecule has 1 aromatic rings. The Morgan fingerprint density at radius 1 is 1.32 bits per heavy atom. The maximum atomic E-state index is 12.3. The fourth-order valence-electron chi connectivity index (χ4n) is 2.34. The van der Waals surface area contributed by atoms with Gasteiger partial charge >= 0.3 is 0 Å². The van der Waals surface area contributed by atoms with Gasteiger partial charge in [-0.2, -0.15) is 0 Å². The summed E-state index contributed by atoms with van der Waals surface area (Å²) in [5.74, 6) is 0. The van der Waals surface area contributed by atoms with Crippen molar-refractivity contribution in [1.82, 2.24) is 4.72 Å². The van der Waals surface area contributed by atoms with E-state index in [4.69, 9.17) is 5.11 Å². The van der Waals surface area contributed by atoms with E-state index in [1.54, 1.807) is 0 Å². The van der Waals surface area contributed by atoms with E-state index in [1.807, 2.05) is 0 Å². The van der Waals surface area contributed by atoms with Gasteiger partial charge in [0.25, 0.3) is 0 Å². The van der Waals surface area contributed by atoms with Gasteiger partial charge in [0.2, 0.25) is 10.0 Å². The lowest BCUT2D eigenvalue weighted by Crippen LogP contribution is -2.34. The van der Waals surface area contributed by atoms with Crippen LogP contribution in [0.5, 0.6) is 0 Å². The molecule has 0 unspecified atom stereocenters. The highest BCUT2D eigenvalue weighted by Crippen LogP contribution is 2.32. The second kappa shape index (κ2) is 6.67. The third-order valence-corrected chi connectivity index (χ3v) is 7.09. The van der Waals surface area contributed by atoms with Crippen molar-refractivity contribution in [2.75, 3.05) is 0 Å². The summed E-state index contributed by atoms with van der Waals surface area (Å²) in [4.78, 5) is 0.888. The molecule has 0 aromatic carbocycles. The van der Waals surface area contributed by atoms with Crippen LogP contribution in [0.1, 0.15) is 43.4 Å². The number of hydrogen-bond acceptors (Lipinski definition) is 4. The zero-order chi connectivity index (χ0) is 13.9. The van der Waals surface area contributed by atoms with E-state index in [-0.39, 0.29) is 17.5 Å². The van der Waals surface area contributed by atoms with Crippen LogP contribution in [0.25, 0.3) is 0 Å². The van der Waals surface area contributed by atoms with Crippen molar-refractivity contribution in [2.24, 2.45) is 0 Å². The maximum Gasteiger partial charge on any atom is 0.242 e. The standard InChI is InChI=1S/C12H18BrNO3S2/c13-12-11(7-10(8-15)18-12)19(16,17)14-9-5-3-1-2-4-6-9/h7,9,14-15H,1-6,8H2. The molecule has 2 N–H and O–H groups in total. The van der Waals surface area contributed by atoms with Gasteiger partial charge in [-0.25, -0.2) is 13.1 Å². The van der Waals surface area contributed by atoms with Crippen LogP contribution < -0.4 is 4.72 Å². The SMILES string of the molecule is O=S(=O)(NC1CCCCCC1)c1cc(CO)sc1Br. The molecule has 4 nitrogen and oxygen atoms in total. The van der Waals surface area contributed by atoms with Gasteiger partial charge in [0.05, 0.1) is 10.4 Å². The fraction of sp³-hybridized carbons (Fsp3) is 0.667. The minimum Gasteiger partial charge on any atom is -0.391 e. The number of aliphatic hydroxyl groups excluding tert-OH is 1. The first-order chi connectivity index (χ1) is 9.03. The minimum atomic E-state index is -3.49. The highest BCUT2D eigenvalue weighted by atomic mass is 79.9. The molecule has 0 saturated heterocycles. The Bertz CT molecular complexity index is 519. The van der Waals surface area contributed by atoms with Gasteiger partial charge in [-0.3, -0.25) is 0 Å². The van der Waals surface area contributed by atoms with Crippen LogP contribution >= 0.6 is 27.3 Å². The zero-order valence-corrected chi connectivity index (χ0v) is 13.8. The largest absolute Gasteiger partial charge is 0.391 e. The molecular formula is C12H18BrNO3S2. The highest BCUT2D eigenvalue weighted by molar-refractivity contribution is 9.11. The summed E-state index contributed by atoms with van der Waals surface area (Å²) in [6.45, 7) is -0.137. The second-order valence-electron chi connectivity index (χ2n) is 4.82. The predicted octanol–water partition coefficient (Wildman–Crippen LogP) is 3.00. The number of thiophene rings is 1. The van der Waals surface area contributed by atoms with Gasteiger partial charge in [-0.15, -0.1) is 11.3 Å². The molecule has 0 atom stereocenters. The monoisotopic (exact) mass is 367 g/mol. The predicted molar refractivity (Wildman–Crippen MR) is 79.8 cm³/mol. The Kier molecular flexibility index (Phi) is 5.42. The molecule has 19 heavy (non-hydrogen) atoms. The normalized spacial score (nSPS) is 18.4. The third-order valence-electron chi connectivity index (χ3n) is 3.33. The summed E-state index contributed by atoms with van der Waals surface area (Å²) in [5, 5.41) is 9.07. The summed E-state index contributed by atoms with van der Waals surface area (Å²) in [6, 6.07) is 1.57. The van der Waals surface area contributed by atoms with Gasteiger partial charge in [0.1, 0.15) is 4.90 Å². The lowest BCUT2D eigenvalue weighted by Gasteiger charge is -2.15. The summed E-state index contributed by atoms with van der Waals surface area (Å²) < 4.78 is 28.0. The molecule has 1 heterocycles. The summed E-state index contributed by atoms with van der Waals surface area (Å²) in [5.41, 5.74) is 0. The van der Waals surface area contributed by atoms with Crippen LogP contribution in [-0.2, 0) is 16.6 Å². The molecular weight excluding hydrogens is 350 g/mol. The first kappa shape index (κ1) is 15.4.